The molecule has 0 aromatic heterocycles. The fourth-order valence-electron chi connectivity index (χ4n) is 3.86. The fraction of sp³-hybridized carbons (Fsp3) is 0.677. The van der Waals surface area contributed by atoms with Crippen molar-refractivity contribution >= 4 is 11.9 Å². The third-order valence-electron chi connectivity index (χ3n) is 6.20. The van der Waals surface area contributed by atoms with Crippen LogP contribution in [0.3, 0.4) is 0 Å². The summed E-state index contributed by atoms with van der Waals surface area (Å²) < 4.78 is 21.4. The van der Waals surface area contributed by atoms with E-state index < -0.39 is 55.4 Å². The summed E-state index contributed by atoms with van der Waals surface area (Å²) >= 11 is 0. The van der Waals surface area contributed by atoms with Crippen LogP contribution in [0, 0.1) is 0 Å². The highest BCUT2D eigenvalue weighted by atomic mass is 16.7. The first-order valence-electron chi connectivity index (χ1n) is 14.7. The number of aliphatic hydroxyl groups is 4. The van der Waals surface area contributed by atoms with E-state index >= 15 is 0 Å². The summed E-state index contributed by atoms with van der Waals surface area (Å²) in [6.45, 7) is 2.81. The Hall–Kier alpha value is -2.34. The van der Waals surface area contributed by atoms with Gasteiger partial charge in [-0.25, -0.2) is 0 Å². The largest absolute Gasteiger partial charge is 0.462 e. The lowest BCUT2D eigenvalue weighted by Gasteiger charge is -2.39. The second kappa shape index (κ2) is 23.2. The quantitative estimate of drug-likeness (QED) is 0.0900. The zero-order chi connectivity index (χ0) is 30.3. The van der Waals surface area contributed by atoms with Crippen molar-refractivity contribution < 1.29 is 49.0 Å². The smallest absolute Gasteiger partial charge is 0.306 e. The first kappa shape index (κ1) is 36.7. The number of carbonyl (C=O) groups is 2. The van der Waals surface area contributed by atoms with Gasteiger partial charge in [0.15, 0.2) is 12.4 Å². The van der Waals surface area contributed by atoms with E-state index in [2.05, 4.69) is 55.5 Å². The summed E-state index contributed by atoms with van der Waals surface area (Å²) in [4.78, 5) is 24.2. The zero-order valence-electron chi connectivity index (χ0n) is 24.5. The van der Waals surface area contributed by atoms with Crippen LogP contribution in [0.4, 0.5) is 0 Å². The predicted octanol–water partition coefficient (Wildman–Crippen LogP) is 3.42. The molecule has 0 saturated carbocycles. The second-order valence-corrected chi connectivity index (χ2v) is 9.82. The van der Waals surface area contributed by atoms with Crippen molar-refractivity contribution in [2.75, 3.05) is 19.8 Å². The van der Waals surface area contributed by atoms with Gasteiger partial charge >= 0.3 is 11.9 Å². The number of hydrogen-bond donors (Lipinski definition) is 4. The highest BCUT2D eigenvalue weighted by Gasteiger charge is 2.44. The van der Waals surface area contributed by atoms with E-state index in [0.29, 0.717) is 12.8 Å². The van der Waals surface area contributed by atoms with Gasteiger partial charge in [0.2, 0.25) is 0 Å². The molecule has 0 aromatic carbocycles. The Morgan fingerprint density at radius 1 is 0.780 bits per heavy atom. The van der Waals surface area contributed by atoms with Crippen molar-refractivity contribution in [1.29, 1.82) is 0 Å². The van der Waals surface area contributed by atoms with Gasteiger partial charge in [0.05, 0.1) is 13.2 Å². The number of esters is 2. The molecule has 1 saturated heterocycles. The van der Waals surface area contributed by atoms with Crippen LogP contribution < -0.4 is 0 Å². The van der Waals surface area contributed by atoms with E-state index in [4.69, 9.17) is 18.9 Å². The van der Waals surface area contributed by atoms with E-state index in [0.717, 1.165) is 38.5 Å². The normalized spacial score (nSPS) is 24.1. The van der Waals surface area contributed by atoms with E-state index in [1.54, 1.807) is 0 Å². The number of aliphatic hydroxyl groups excluding tert-OH is 4. The molecule has 1 fully saturated rings. The van der Waals surface area contributed by atoms with Gasteiger partial charge in [0.1, 0.15) is 31.0 Å². The molecule has 6 unspecified atom stereocenters. The van der Waals surface area contributed by atoms with Gasteiger partial charge in [0.25, 0.3) is 0 Å². The standard InChI is InChI=1S/C31H50O10/c1-3-5-6-7-8-9-10-11-12-13-14-15-16-17-18-20-27(34)40-24(22-38-26(33)19-4-2)23-39-31-30(37)29(36)28(35)25(21-32)41-31/h5-6,8-9,11-12,14-15,24-25,28-32,35-37H,3-4,7,10,13,16-23H2,1-2H3/b6-5-,9-8-,12-11-,15-14-. The molecule has 0 spiro atoms. The molecule has 41 heavy (non-hydrogen) atoms. The summed E-state index contributed by atoms with van der Waals surface area (Å²) in [7, 11) is 0. The monoisotopic (exact) mass is 582 g/mol. The Kier molecular flexibility index (Phi) is 20.8. The van der Waals surface area contributed by atoms with Crippen molar-refractivity contribution in [3.63, 3.8) is 0 Å². The Morgan fingerprint density at radius 3 is 2.02 bits per heavy atom. The maximum Gasteiger partial charge on any atom is 0.306 e. The molecule has 6 atom stereocenters. The number of ether oxygens (including phenoxy) is 4. The maximum atomic E-state index is 12.4. The van der Waals surface area contributed by atoms with Crippen LogP contribution >= 0.6 is 0 Å². The number of unbranched alkanes of at least 4 members (excludes halogenated alkanes) is 2. The van der Waals surface area contributed by atoms with Crippen LogP contribution in [0.2, 0.25) is 0 Å². The fourth-order valence-corrected chi connectivity index (χ4v) is 3.86. The lowest BCUT2D eigenvalue weighted by Crippen LogP contribution is -2.59. The molecule has 4 N–H and O–H groups in total. The average Bonchev–Trinajstić information content (AvgIpc) is 2.96. The number of allylic oxidation sites excluding steroid dienone is 8. The minimum absolute atomic E-state index is 0.174. The third kappa shape index (κ3) is 16.6. The van der Waals surface area contributed by atoms with Gasteiger partial charge < -0.3 is 39.4 Å². The lowest BCUT2D eigenvalue weighted by molar-refractivity contribution is -0.305. The van der Waals surface area contributed by atoms with Crippen LogP contribution in [0.5, 0.6) is 0 Å². The second-order valence-electron chi connectivity index (χ2n) is 9.82. The highest BCUT2D eigenvalue weighted by Crippen LogP contribution is 2.22. The number of hydrogen-bond acceptors (Lipinski definition) is 10. The van der Waals surface area contributed by atoms with E-state index in [1.165, 1.54) is 0 Å². The van der Waals surface area contributed by atoms with Gasteiger partial charge in [-0.05, 0) is 51.4 Å². The molecule has 1 aliphatic heterocycles. The Labute approximate surface area is 244 Å². The highest BCUT2D eigenvalue weighted by molar-refractivity contribution is 5.70. The van der Waals surface area contributed by atoms with Gasteiger partial charge in [-0.3, -0.25) is 9.59 Å². The molecular weight excluding hydrogens is 532 g/mol. The Morgan fingerprint density at radius 2 is 1.41 bits per heavy atom. The number of carbonyl (C=O) groups excluding carboxylic acids is 2. The van der Waals surface area contributed by atoms with Gasteiger partial charge in [-0.2, -0.15) is 0 Å². The minimum atomic E-state index is -1.60. The predicted molar refractivity (Wildman–Crippen MR) is 155 cm³/mol. The maximum absolute atomic E-state index is 12.4. The van der Waals surface area contributed by atoms with Crippen LogP contribution in [0.25, 0.3) is 0 Å². The summed E-state index contributed by atoms with van der Waals surface area (Å²) in [6.07, 6.45) is 15.9. The Bertz CT molecular complexity index is 820. The van der Waals surface area contributed by atoms with Crippen molar-refractivity contribution in [3.8, 4) is 0 Å². The first-order valence-corrected chi connectivity index (χ1v) is 14.7. The SMILES string of the molecule is CC/C=C\C/C=C\C/C=C\C/C=C\CCCCC(=O)OC(COC(=O)CCC)COC1OC(CO)C(O)C(O)C1O. The lowest BCUT2D eigenvalue weighted by atomic mass is 9.99. The Balaban J connectivity index is 2.40. The van der Waals surface area contributed by atoms with Gasteiger partial charge in [-0.1, -0.05) is 62.5 Å². The van der Waals surface area contributed by atoms with E-state index in [9.17, 15) is 30.0 Å². The van der Waals surface area contributed by atoms with Gasteiger partial charge in [-0.15, -0.1) is 0 Å². The molecule has 0 aliphatic carbocycles. The van der Waals surface area contributed by atoms with E-state index in [-0.39, 0.29) is 26.1 Å². The molecule has 0 radical (unpaired) electrons. The molecule has 1 rings (SSSR count). The average molecular weight is 583 g/mol. The molecule has 1 heterocycles. The molecule has 10 heteroatoms. The summed E-state index contributed by atoms with van der Waals surface area (Å²) in [5.41, 5.74) is 0. The topological polar surface area (TPSA) is 152 Å². The van der Waals surface area contributed by atoms with Crippen molar-refractivity contribution in [1.82, 2.24) is 0 Å². The summed E-state index contributed by atoms with van der Waals surface area (Å²) in [5.74, 6) is -0.927. The van der Waals surface area contributed by atoms with Crippen LogP contribution in [0.15, 0.2) is 48.6 Å². The van der Waals surface area contributed by atoms with Crippen molar-refractivity contribution in [2.45, 2.75) is 115 Å². The zero-order valence-corrected chi connectivity index (χ0v) is 24.5. The van der Waals surface area contributed by atoms with Crippen LogP contribution in [0.1, 0.15) is 78.1 Å². The van der Waals surface area contributed by atoms with Crippen molar-refractivity contribution in [3.05, 3.63) is 48.6 Å². The van der Waals surface area contributed by atoms with Crippen molar-refractivity contribution in [2.24, 2.45) is 0 Å². The molecular formula is C31H50O10. The molecule has 0 bridgehead atoms. The molecule has 0 amide bonds. The molecule has 0 aromatic rings. The van der Waals surface area contributed by atoms with Crippen LogP contribution in [-0.2, 0) is 28.5 Å². The number of rotatable bonds is 21. The van der Waals surface area contributed by atoms with Gasteiger partial charge in [0, 0.05) is 12.8 Å². The first-order chi connectivity index (χ1) is 19.8. The third-order valence-corrected chi connectivity index (χ3v) is 6.20. The molecule has 10 nitrogen and oxygen atoms in total. The molecule has 1 aliphatic rings. The summed E-state index contributed by atoms with van der Waals surface area (Å²) in [5, 5.41) is 39.3. The molecule has 234 valence electrons. The summed E-state index contributed by atoms with van der Waals surface area (Å²) in [6, 6.07) is 0. The minimum Gasteiger partial charge on any atom is -0.462 e. The van der Waals surface area contributed by atoms with Crippen LogP contribution in [-0.4, -0.2) is 89.0 Å². The van der Waals surface area contributed by atoms with E-state index in [1.807, 2.05) is 6.92 Å².